The molecule has 0 spiro atoms. The molecule has 0 aliphatic rings. The van der Waals surface area contributed by atoms with Crippen LogP contribution in [0, 0.1) is 0 Å². The number of thioether (sulfide) groups is 2. The van der Waals surface area contributed by atoms with Crippen molar-refractivity contribution in [3.8, 4) is 0 Å². The van der Waals surface area contributed by atoms with E-state index in [-0.39, 0.29) is 0 Å². The highest BCUT2D eigenvalue weighted by Crippen LogP contribution is 2.06. The Labute approximate surface area is 96.9 Å². The van der Waals surface area contributed by atoms with E-state index >= 15 is 0 Å². The Kier molecular flexibility index (Phi) is 12.8. The van der Waals surface area contributed by atoms with Crippen LogP contribution in [0.2, 0.25) is 0 Å². The Hall–Kier alpha value is -0.0800. The number of allylic oxidation sites excluding steroid dienone is 3. The molecule has 0 rings (SSSR count). The molecule has 0 unspecified atom stereocenters. The van der Waals surface area contributed by atoms with Gasteiger partial charge in [-0.2, -0.15) is 11.8 Å². The molecular formula is C12H20S2. The summed E-state index contributed by atoms with van der Waals surface area (Å²) in [5, 5.41) is 2.20. The van der Waals surface area contributed by atoms with E-state index in [2.05, 4.69) is 49.6 Å². The summed E-state index contributed by atoms with van der Waals surface area (Å²) in [4.78, 5) is 0. The van der Waals surface area contributed by atoms with Crippen LogP contribution in [-0.2, 0) is 0 Å². The van der Waals surface area contributed by atoms with Crippen LogP contribution in [0.1, 0.15) is 20.3 Å². The second-order valence-electron chi connectivity index (χ2n) is 2.71. The van der Waals surface area contributed by atoms with Gasteiger partial charge in [-0.25, -0.2) is 0 Å². The van der Waals surface area contributed by atoms with Crippen LogP contribution in [-0.4, -0.2) is 17.3 Å². The van der Waals surface area contributed by atoms with Crippen molar-refractivity contribution in [3.05, 3.63) is 35.8 Å². The summed E-state index contributed by atoms with van der Waals surface area (Å²) in [6.07, 6.45) is 12.0. The maximum atomic E-state index is 2.26. The number of hydrogen-bond donors (Lipinski definition) is 0. The molecule has 0 nitrogen and oxygen atoms in total. The summed E-state index contributed by atoms with van der Waals surface area (Å²) < 4.78 is 0. The van der Waals surface area contributed by atoms with Crippen molar-refractivity contribution in [2.45, 2.75) is 20.3 Å². The van der Waals surface area contributed by atoms with E-state index in [0.29, 0.717) is 0 Å². The lowest BCUT2D eigenvalue weighted by atomic mass is 10.5. The van der Waals surface area contributed by atoms with Gasteiger partial charge in [0.25, 0.3) is 0 Å². The van der Waals surface area contributed by atoms with E-state index in [1.807, 2.05) is 23.5 Å². The molecule has 0 atom stereocenters. The van der Waals surface area contributed by atoms with E-state index in [9.17, 15) is 0 Å². The van der Waals surface area contributed by atoms with Gasteiger partial charge < -0.3 is 0 Å². The monoisotopic (exact) mass is 228 g/mol. The third kappa shape index (κ3) is 11.9. The number of hydrogen-bond acceptors (Lipinski definition) is 2. The molecule has 0 aliphatic carbocycles. The van der Waals surface area contributed by atoms with Gasteiger partial charge in [-0.3, -0.25) is 0 Å². The van der Waals surface area contributed by atoms with Crippen LogP contribution in [0.4, 0.5) is 0 Å². The van der Waals surface area contributed by atoms with E-state index in [1.54, 1.807) is 0 Å². The third-order valence-corrected chi connectivity index (χ3v) is 3.22. The lowest BCUT2D eigenvalue weighted by molar-refractivity contribution is 1.25. The molecule has 0 radical (unpaired) electrons. The highest BCUT2D eigenvalue weighted by atomic mass is 32.2. The van der Waals surface area contributed by atoms with Crippen LogP contribution >= 0.6 is 23.5 Å². The summed E-state index contributed by atoms with van der Waals surface area (Å²) in [5.41, 5.74) is 0. The standard InChI is InChI=1S/C12H20S2/c1-3-5-9-13-11-7-8-12-14-10-6-4-2/h3-7,11H,8-10,12H2,1-2H3/b5-3?,6-4?,11-7+. The fourth-order valence-electron chi connectivity index (χ4n) is 0.742. The smallest absolute Gasteiger partial charge is 0.0154 e. The van der Waals surface area contributed by atoms with Crippen LogP contribution < -0.4 is 0 Å². The van der Waals surface area contributed by atoms with Gasteiger partial charge in [0.2, 0.25) is 0 Å². The molecule has 0 aromatic heterocycles. The molecule has 14 heavy (non-hydrogen) atoms. The molecule has 0 saturated heterocycles. The van der Waals surface area contributed by atoms with Gasteiger partial charge in [-0.05, 0) is 31.4 Å². The average Bonchev–Trinajstić information content (AvgIpc) is 2.21. The van der Waals surface area contributed by atoms with Crippen LogP contribution in [0.3, 0.4) is 0 Å². The second-order valence-corrected chi connectivity index (χ2v) is 4.80. The first kappa shape index (κ1) is 13.9. The van der Waals surface area contributed by atoms with Gasteiger partial charge in [0.1, 0.15) is 0 Å². The highest BCUT2D eigenvalue weighted by molar-refractivity contribution is 8.02. The molecule has 80 valence electrons. The summed E-state index contributed by atoms with van der Waals surface area (Å²) in [6.45, 7) is 4.13. The minimum Gasteiger partial charge on any atom is -0.158 e. The van der Waals surface area contributed by atoms with Gasteiger partial charge in [0.15, 0.2) is 0 Å². The molecule has 2 heteroatoms. The molecule has 0 aromatic carbocycles. The molecule has 0 saturated carbocycles. The minimum absolute atomic E-state index is 1.10. The average molecular weight is 228 g/mol. The largest absolute Gasteiger partial charge is 0.158 e. The third-order valence-electron chi connectivity index (χ3n) is 1.50. The van der Waals surface area contributed by atoms with Gasteiger partial charge in [0, 0.05) is 11.5 Å². The number of rotatable bonds is 8. The van der Waals surface area contributed by atoms with Crippen molar-refractivity contribution in [1.82, 2.24) is 0 Å². The Morgan fingerprint density at radius 2 is 1.64 bits per heavy atom. The topological polar surface area (TPSA) is 0 Å². The Morgan fingerprint density at radius 1 is 0.929 bits per heavy atom. The van der Waals surface area contributed by atoms with Crippen molar-refractivity contribution in [1.29, 1.82) is 0 Å². The second kappa shape index (κ2) is 12.9. The maximum Gasteiger partial charge on any atom is 0.0154 e. The van der Waals surface area contributed by atoms with E-state index in [4.69, 9.17) is 0 Å². The summed E-state index contributed by atoms with van der Waals surface area (Å²) in [6, 6.07) is 0. The highest BCUT2D eigenvalue weighted by Gasteiger charge is 1.82. The normalized spacial score (nSPS) is 12.4. The zero-order chi connectivity index (χ0) is 10.5. The van der Waals surface area contributed by atoms with Gasteiger partial charge in [-0.1, -0.05) is 30.4 Å². The molecule has 0 heterocycles. The summed E-state index contributed by atoms with van der Waals surface area (Å²) >= 11 is 3.84. The fourth-order valence-corrected chi connectivity index (χ4v) is 2.23. The van der Waals surface area contributed by atoms with Crippen LogP contribution in [0.25, 0.3) is 0 Å². The fraction of sp³-hybridized carbons (Fsp3) is 0.500. The van der Waals surface area contributed by atoms with Crippen molar-refractivity contribution in [2.75, 3.05) is 17.3 Å². The first-order valence-corrected chi connectivity index (χ1v) is 7.18. The Balaban J connectivity index is 3.10. The predicted octanol–water partition coefficient (Wildman–Crippen LogP) is 4.51. The van der Waals surface area contributed by atoms with Crippen molar-refractivity contribution >= 4 is 23.5 Å². The van der Waals surface area contributed by atoms with Gasteiger partial charge in [0.05, 0.1) is 0 Å². The van der Waals surface area contributed by atoms with Gasteiger partial charge in [-0.15, -0.1) is 11.8 Å². The molecule has 0 fully saturated rings. The minimum atomic E-state index is 1.10. The molecule has 0 bridgehead atoms. The van der Waals surface area contributed by atoms with Gasteiger partial charge >= 0.3 is 0 Å². The molecule has 0 N–H and O–H groups in total. The SMILES string of the molecule is CC=CCS/C=C/CCSCC=CC. The summed E-state index contributed by atoms with van der Waals surface area (Å²) in [5.74, 6) is 3.47. The molecule has 0 aliphatic heterocycles. The van der Waals surface area contributed by atoms with Crippen LogP contribution in [0.5, 0.6) is 0 Å². The predicted molar refractivity (Wildman–Crippen MR) is 73.2 cm³/mol. The Morgan fingerprint density at radius 3 is 2.36 bits per heavy atom. The zero-order valence-corrected chi connectivity index (χ0v) is 10.7. The van der Waals surface area contributed by atoms with E-state index < -0.39 is 0 Å². The lowest BCUT2D eigenvalue weighted by Gasteiger charge is -1.92. The van der Waals surface area contributed by atoms with E-state index in [0.717, 1.165) is 11.5 Å². The van der Waals surface area contributed by atoms with Crippen molar-refractivity contribution in [2.24, 2.45) is 0 Å². The first-order valence-electron chi connectivity index (χ1n) is 4.98. The quantitative estimate of drug-likeness (QED) is 0.443. The maximum absolute atomic E-state index is 2.26. The summed E-state index contributed by atoms with van der Waals surface area (Å²) in [7, 11) is 0. The first-order chi connectivity index (χ1) is 6.91. The molecule has 0 amide bonds. The molecular weight excluding hydrogens is 208 g/mol. The van der Waals surface area contributed by atoms with Crippen LogP contribution in [0.15, 0.2) is 35.8 Å². The lowest BCUT2D eigenvalue weighted by Crippen LogP contribution is -1.76. The Bertz CT molecular complexity index is 181. The molecule has 0 aromatic rings. The van der Waals surface area contributed by atoms with Crippen molar-refractivity contribution < 1.29 is 0 Å². The van der Waals surface area contributed by atoms with Crippen molar-refractivity contribution in [3.63, 3.8) is 0 Å². The zero-order valence-electron chi connectivity index (χ0n) is 9.11. The van der Waals surface area contributed by atoms with E-state index in [1.165, 1.54) is 12.2 Å².